The molecule has 2 unspecified atom stereocenters. The highest BCUT2D eigenvalue weighted by Crippen LogP contribution is 2.27. The Morgan fingerprint density at radius 3 is 3.00 bits per heavy atom. The van der Waals surface area contributed by atoms with E-state index in [1.54, 1.807) is 0 Å². The predicted molar refractivity (Wildman–Crippen MR) is 59.7 cm³/mol. The molecular weight excluding hydrogens is 244 g/mol. The van der Waals surface area contributed by atoms with E-state index in [2.05, 4.69) is 21.2 Å². The number of urea groups is 1. The van der Waals surface area contributed by atoms with Crippen molar-refractivity contribution in [2.75, 3.05) is 11.9 Å². The molecule has 1 N–H and O–H groups in total. The highest BCUT2D eigenvalue weighted by Gasteiger charge is 2.39. The smallest absolute Gasteiger partial charge is 0.318 e. The third kappa shape index (κ3) is 1.90. The summed E-state index contributed by atoms with van der Waals surface area (Å²) < 4.78 is 0. The number of amides is 2. The molecule has 1 saturated carbocycles. The zero-order valence-electron chi connectivity index (χ0n) is 8.34. The summed E-state index contributed by atoms with van der Waals surface area (Å²) in [5, 5.41) is 4.07. The van der Waals surface area contributed by atoms with E-state index in [1.807, 2.05) is 4.90 Å². The first-order valence-electron chi connectivity index (χ1n) is 5.46. The Bertz CT molecular complexity index is 222. The quantitative estimate of drug-likeness (QED) is 0.775. The maximum atomic E-state index is 11.6. The highest BCUT2D eigenvalue weighted by molar-refractivity contribution is 9.09. The van der Waals surface area contributed by atoms with E-state index < -0.39 is 0 Å². The maximum absolute atomic E-state index is 11.6. The van der Waals surface area contributed by atoms with E-state index in [4.69, 9.17) is 0 Å². The monoisotopic (exact) mass is 260 g/mol. The van der Waals surface area contributed by atoms with Crippen molar-refractivity contribution >= 4 is 22.0 Å². The maximum Gasteiger partial charge on any atom is 0.318 e. The summed E-state index contributed by atoms with van der Waals surface area (Å²) in [5.74, 6) is 0. The van der Waals surface area contributed by atoms with Crippen LogP contribution < -0.4 is 5.32 Å². The zero-order chi connectivity index (χ0) is 9.97. The number of carbonyl (C=O) groups is 1. The first kappa shape index (κ1) is 10.3. The van der Waals surface area contributed by atoms with E-state index in [9.17, 15) is 4.79 Å². The fourth-order valence-electron chi connectivity index (χ4n) is 2.54. The van der Waals surface area contributed by atoms with Crippen molar-refractivity contribution in [2.45, 2.75) is 44.2 Å². The normalized spacial score (nSPS) is 31.5. The number of nitrogens with zero attached hydrogens (tertiary/aromatic N) is 1. The van der Waals surface area contributed by atoms with E-state index in [1.165, 1.54) is 25.7 Å². The molecule has 2 atom stereocenters. The molecule has 2 aliphatic rings. The first-order valence-corrected chi connectivity index (χ1v) is 6.58. The summed E-state index contributed by atoms with van der Waals surface area (Å²) in [6, 6.07) is 1.07. The Hall–Kier alpha value is -0.250. The molecule has 1 aliphatic carbocycles. The minimum Gasteiger partial charge on any atom is -0.333 e. The topological polar surface area (TPSA) is 32.3 Å². The van der Waals surface area contributed by atoms with Crippen molar-refractivity contribution < 1.29 is 4.79 Å². The fraction of sp³-hybridized carbons (Fsp3) is 0.900. The van der Waals surface area contributed by atoms with Crippen LogP contribution >= 0.6 is 15.9 Å². The Morgan fingerprint density at radius 2 is 2.21 bits per heavy atom. The molecule has 2 rings (SSSR count). The van der Waals surface area contributed by atoms with Gasteiger partial charge in [-0.2, -0.15) is 0 Å². The first-order chi connectivity index (χ1) is 6.83. The lowest BCUT2D eigenvalue weighted by Crippen LogP contribution is -2.39. The highest BCUT2D eigenvalue weighted by atomic mass is 79.9. The number of alkyl halides is 1. The molecule has 0 aromatic carbocycles. The van der Waals surface area contributed by atoms with Crippen molar-refractivity contribution in [1.82, 2.24) is 10.2 Å². The van der Waals surface area contributed by atoms with E-state index in [0.29, 0.717) is 12.1 Å². The molecule has 4 heteroatoms. The van der Waals surface area contributed by atoms with Gasteiger partial charge in [0.2, 0.25) is 0 Å². The molecule has 0 bridgehead atoms. The molecule has 2 amide bonds. The van der Waals surface area contributed by atoms with Crippen LogP contribution in [0.4, 0.5) is 4.79 Å². The molecule has 1 heterocycles. The van der Waals surface area contributed by atoms with Crippen LogP contribution in [0.3, 0.4) is 0 Å². The van der Waals surface area contributed by atoms with Crippen LogP contribution in [0.5, 0.6) is 0 Å². The lowest BCUT2D eigenvalue weighted by molar-refractivity contribution is 0.191. The van der Waals surface area contributed by atoms with Crippen molar-refractivity contribution in [2.24, 2.45) is 0 Å². The summed E-state index contributed by atoms with van der Waals surface area (Å²) in [5.41, 5.74) is 0. The van der Waals surface area contributed by atoms with Gasteiger partial charge < -0.3 is 10.2 Å². The molecule has 1 saturated heterocycles. The molecule has 3 nitrogen and oxygen atoms in total. The number of nitrogens with one attached hydrogen (secondary N) is 1. The van der Waals surface area contributed by atoms with Crippen LogP contribution in [0.25, 0.3) is 0 Å². The Morgan fingerprint density at radius 1 is 1.43 bits per heavy atom. The Labute approximate surface area is 93.4 Å². The van der Waals surface area contributed by atoms with Gasteiger partial charge in [0.1, 0.15) is 0 Å². The van der Waals surface area contributed by atoms with Crippen molar-refractivity contribution in [3.63, 3.8) is 0 Å². The minimum absolute atomic E-state index is 0.155. The van der Waals surface area contributed by atoms with Gasteiger partial charge in [-0.05, 0) is 19.3 Å². The molecule has 0 aromatic rings. The standard InChI is InChI=1S/C10H17BrN2O/c11-6-3-7-13-9-5-2-1-4-8(9)12-10(13)14/h8-9H,1-7H2,(H,12,14). The fourth-order valence-corrected chi connectivity index (χ4v) is 2.79. The van der Waals surface area contributed by atoms with Gasteiger partial charge in [0, 0.05) is 11.9 Å². The predicted octanol–water partition coefficient (Wildman–Crippen LogP) is 2.11. The lowest BCUT2D eigenvalue weighted by Gasteiger charge is -2.29. The number of rotatable bonds is 3. The number of hydrogen-bond donors (Lipinski definition) is 1. The molecule has 0 aromatic heterocycles. The van der Waals surface area contributed by atoms with E-state index in [0.717, 1.165) is 18.3 Å². The van der Waals surface area contributed by atoms with E-state index in [-0.39, 0.29) is 6.03 Å². The number of fused-ring (bicyclic) bond motifs is 1. The average Bonchev–Trinajstić information content (AvgIpc) is 2.51. The average molecular weight is 261 g/mol. The molecule has 0 radical (unpaired) electrons. The van der Waals surface area contributed by atoms with Crippen LogP contribution in [0.15, 0.2) is 0 Å². The Kier molecular flexibility index (Phi) is 3.31. The van der Waals surface area contributed by atoms with Crippen LogP contribution in [-0.2, 0) is 0 Å². The van der Waals surface area contributed by atoms with Gasteiger partial charge in [0.05, 0.1) is 12.1 Å². The van der Waals surface area contributed by atoms with Gasteiger partial charge >= 0.3 is 6.03 Å². The molecule has 80 valence electrons. The molecule has 14 heavy (non-hydrogen) atoms. The van der Waals surface area contributed by atoms with Crippen LogP contribution in [0, 0.1) is 0 Å². The summed E-state index contributed by atoms with van der Waals surface area (Å²) in [7, 11) is 0. The Balaban J connectivity index is 1.96. The van der Waals surface area contributed by atoms with Gasteiger partial charge in [0.15, 0.2) is 0 Å². The van der Waals surface area contributed by atoms with Crippen LogP contribution in [0.2, 0.25) is 0 Å². The van der Waals surface area contributed by atoms with Crippen LogP contribution in [-0.4, -0.2) is 34.9 Å². The SMILES string of the molecule is O=C1NC2CCCCC2N1CCCBr. The van der Waals surface area contributed by atoms with E-state index >= 15 is 0 Å². The second-order valence-corrected chi connectivity index (χ2v) is 4.94. The number of carbonyl (C=O) groups excluding carboxylic acids is 1. The van der Waals surface area contributed by atoms with Gasteiger partial charge in [0.25, 0.3) is 0 Å². The van der Waals surface area contributed by atoms with Gasteiger partial charge in [-0.15, -0.1) is 0 Å². The number of hydrogen-bond acceptors (Lipinski definition) is 1. The summed E-state index contributed by atoms with van der Waals surface area (Å²) in [6.07, 6.45) is 5.96. The summed E-state index contributed by atoms with van der Waals surface area (Å²) >= 11 is 3.41. The van der Waals surface area contributed by atoms with Gasteiger partial charge in [-0.3, -0.25) is 0 Å². The van der Waals surface area contributed by atoms with Crippen LogP contribution in [0.1, 0.15) is 32.1 Å². The zero-order valence-corrected chi connectivity index (χ0v) is 9.92. The second-order valence-electron chi connectivity index (χ2n) is 4.14. The largest absolute Gasteiger partial charge is 0.333 e. The minimum atomic E-state index is 0.155. The van der Waals surface area contributed by atoms with Gasteiger partial charge in [-0.1, -0.05) is 28.8 Å². The number of halogens is 1. The third-order valence-electron chi connectivity index (χ3n) is 3.23. The molecule has 1 aliphatic heterocycles. The lowest BCUT2D eigenvalue weighted by atomic mass is 9.91. The van der Waals surface area contributed by atoms with Crippen molar-refractivity contribution in [1.29, 1.82) is 0 Å². The summed E-state index contributed by atoms with van der Waals surface area (Å²) in [6.45, 7) is 0.901. The summed E-state index contributed by atoms with van der Waals surface area (Å²) in [4.78, 5) is 13.7. The van der Waals surface area contributed by atoms with Gasteiger partial charge in [-0.25, -0.2) is 4.79 Å². The third-order valence-corrected chi connectivity index (χ3v) is 3.79. The van der Waals surface area contributed by atoms with Crippen molar-refractivity contribution in [3.8, 4) is 0 Å². The van der Waals surface area contributed by atoms with Crippen molar-refractivity contribution in [3.05, 3.63) is 0 Å². The molecular formula is C10H17BrN2O. The second kappa shape index (κ2) is 4.51. The molecule has 2 fully saturated rings. The molecule has 0 spiro atoms.